The summed E-state index contributed by atoms with van der Waals surface area (Å²) < 4.78 is 23.6. The van der Waals surface area contributed by atoms with Crippen molar-refractivity contribution in [3.63, 3.8) is 0 Å². The van der Waals surface area contributed by atoms with E-state index in [4.69, 9.17) is 23.9 Å². The predicted molar refractivity (Wildman–Crippen MR) is 130 cm³/mol. The summed E-state index contributed by atoms with van der Waals surface area (Å²) in [7, 11) is 3.28. The largest absolute Gasteiger partial charge is 0.487 e. The summed E-state index contributed by atoms with van der Waals surface area (Å²) in [4.78, 5) is 9.13. The van der Waals surface area contributed by atoms with Gasteiger partial charge in [-0.25, -0.2) is 9.67 Å². The van der Waals surface area contributed by atoms with Crippen LogP contribution in [0.2, 0.25) is 0 Å². The molecule has 9 nitrogen and oxygen atoms in total. The highest BCUT2D eigenvalue weighted by atomic mass is 16.5. The fraction of sp³-hybridized carbons (Fsp3) is 0.320. The molecule has 0 aliphatic heterocycles. The van der Waals surface area contributed by atoms with Gasteiger partial charge in [0, 0.05) is 27.0 Å². The van der Waals surface area contributed by atoms with E-state index >= 15 is 0 Å². The first-order chi connectivity index (χ1) is 16.7. The van der Waals surface area contributed by atoms with Gasteiger partial charge in [0.15, 0.2) is 17.1 Å². The van der Waals surface area contributed by atoms with E-state index in [0.717, 1.165) is 27.8 Å². The number of anilines is 1. The highest BCUT2D eigenvalue weighted by Gasteiger charge is 2.11. The van der Waals surface area contributed by atoms with E-state index < -0.39 is 0 Å². The number of aromatic nitrogens is 4. The summed E-state index contributed by atoms with van der Waals surface area (Å²) in [6.07, 6.45) is 3.55. The molecule has 0 saturated carbocycles. The summed E-state index contributed by atoms with van der Waals surface area (Å²) in [6, 6.07) is 14.0. The van der Waals surface area contributed by atoms with Gasteiger partial charge in [0.1, 0.15) is 13.2 Å². The predicted octanol–water partition coefficient (Wildman–Crippen LogP) is 3.79. The van der Waals surface area contributed by atoms with E-state index in [1.165, 1.54) is 0 Å². The summed E-state index contributed by atoms with van der Waals surface area (Å²) in [6.45, 7) is 4.43. The van der Waals surface area contributed by atoms with Gasteiger partial charge < -0.3 is 24.3 Å². The standard InChI is InChI=1S/C25H29N5O4/c1-18-5-4-6-21(13-18)30-24-20(17-28-30)16-27-25(29-24)26-15-19-7-8-22(33-11-9-31-2)23(14-19)34-12-10-32-3/h4-8,13-14,16-17H,9-12,15H2,1-3H3,(H,26,27,29). The molecule has 0 aliphatic carbocycles. The third kappa shape index (κ3) is 5.81. The van der Waals surface area contributed by atoms with Crippen molar-refractivity contribution in [1.82, 2.24) is 19.7 Å². The number of aryl methyl sites for hydroxylation is 1. The quantitative estimate of drug-likeness (QED) is 0.317. The van der Waals surface area contributed by atoms with E-state index in [1.807, 2.05) is 35.0 Å². The van der Waals surface area contributed by atoms with E-state index in [-0.39, 0.29) is 0 Å². The Bertz CT molecular complexity index is 1230. The zero-order valence-electron chi connectivity index (χ0n) is 19.7. The first-order valence-corrected chi connectivity index (χ1v) is 11.1. The topological polar surface area (TPSA) is 92.6 Å². The van der Waals surface area contributed by atoms with Crippen molar-refractivity contribution in [1.29, 1.82) is 0 Å². The Morgan fingerprint density at radius 1 is 0.882 bits per heavy atom. The minimum absolute atomic E-state index is 0.427. The van der Waals surface area contributed by atoms with Crippen LogP contribution in [0, 0.1) is 6.92 Å². The molecule has 2 aromatic carbocycles. The summed E-state index contributed by atoms with van der Waals surface area (Å²) in [5.74, 6) is 1.84. The Balaban J connectivity index is 1.50. The molecule has 0 atom stereocenters. The first-order valence-electron chi connectivity index (χ1n) is 11.1. The number of nitrogens with one attached hydrogen (secondary N) is 1. The van der Waals surface area contributed by atoms with E-state index in [9.17, 15) is 0 Å². The van der Waals surface area contributed by atoms with Gasteiger partial charge in [0.05, 0.1) is 30.5 Å². The van der Waals surface area contributed by atoms with Crippen LogP contribution in [0.5, 0.6) is 11.5 Å². The molecule has 0 amide bonds. The number of benzene rings is 2. The van der Waals surface area contributed by atoms with Gasteiger partial charge >= 0.3 is 0 Å². The summed E-state index contributed by atoms with van der Waals surface area (Å²) >= 11 is 0. The molecular formula is C25H29N5O4. The first kappa shape index (κ1) is 23.5. The van der Waals surface area contributed by atoms with Crippen molar-refractivity contribution in [3.8, 4) is 17.2 Å². The molecular weight excluding hydrogens is 434 g/mol. The van der Waals surface area contributed by atoms with Gasteiger partial charge in [-0.15, -0.1) is 0 Å². The fourth-order valence-corrected chi connectivity index (χ4v) is 3.40. The molecule has 0 radical (unpaired) electrons. The van der Waals surface area contributed by atoms with Gasteiger partial charge in [-0.1, -0.05) is 18.2 Å². The second-order valence-electron chi connectivity index (χ2n) is 7.69. The van der Waals surface area contributed by atoms with Crippen LogP contribution >= 0.6 is 0 Å². The molecule has 0 bridgehead atoms. The minimum Gasteiger partial charge on any atom is -0.487 e. The van der Waals surface area contributed by atoms with Gasteiger partial charge in [-0.3, -0.25) is 0 Å². The monoisotopic (exact) mass is 463 g/mol. The molecule has 1 N–H and O–H groups in total. The molecule has 2 heterocycles. The third-order valence-corrected chi connectivity index (χ3v) is 5.10. The lowest BCUT2D eigenvalue weighted by atomic mass is 10.2. The van der Waals surface area contributed by atoms with Crippen LogP contribution in [0.3, 0.4) is 0 Å². The van der Waals surface area contributed by atoms with Gasteiger partial charge in [0.2, 0.25) is 5.95 Å². The number of hydrogen-bond acceptors (Lipinski definition) is 8. The van der Waals surface area contributed by atoms with Crippen molar-refractivity contribution in [3.05, 3.63) is 66.0 Å². The van der Waals surface area contributed by atoms with Crippen LogP contribution in [0.25, 0.3) is 16.7 Å². The maximum absolute atomic E-state index is 5.86. The van der Waals surface area contributed by atoms with Crippen molar-refractivity contribution < 1.29 is 18.9 Å². The SMILES string of the molecule is COCCOc1ccc(CNc2ncc3cnn(-c4cccc(C)c4)c3n2)cc1OCCOC. The summed E-state index contributed by atoms with van der Waals surface area (Å²) in [5, 5.41) is 8.66. The fourth-order valence-electron chi connectivity index (χ4n) is 3.40. The number of ether oxygens (including phenoxy) is 4. The average molecular weight is 464 g/mol. The van der Waals surface area contributed by atoms with Gasteiger partial charge in [0.25, 0.3) is 0 Å². The number of methoxy groups -OCH3 is 2. The van der Waals surface area contributed by atoms with E-state index in [2.05, 4.69) is 34.5 Å². The zero-order valence-corrected chi connectivity index (χ0v) is 19.7. The molecule has 4 aromatic rings. The smallest absolute Gasteiger partial charge is 0.224 e. The number of rotatable bonds is 12. The van der Waals surface area contributed by atoms with Crippen molar-refractivity contribution in [2.24, 2.45) is 0 Å². The van der Waals surface area contributed by atoms with Crippen LogP contribution in [0.4, 0.5) is 5.95 Å². The Hall–Kier alpha value is -3.69. The van der Waals surface area contributed by atoms with Crippen molar-refractivity contribution >= 4 is 17.0 Å². The lowest BCUT2D eigenvalue weighted by Gasteiger charge is -2.14. The van der Waals surface area contributed by atoms with Crippen LogP contribution < -0.4 is 14.8 Å². The maximum Gasteiger partial charge on any atom is 0.224 e. The molecule has 0 aliphatic rings. The zero-order chi connectivity index (χ0) is 23.8. The van der Waals surface area contributed by atoms with Crippen LogP contribution in [-0.2, 0) is 16.0 Å². The van der Waals surface area contributed by atoms with Crippen LogP contribution in [-0.4, -0.2) is 60.4 Å². The Morgan fingerprint density at radius 3 is 2.44 bits per heavy atom. The highest BCUT2D eigenvalue weighted by molar-refractivity contribution is 5.76. The molecule has 0 spiro atoms. The maximum atomic E-state index is 5.86. The normalized spacial score (nSPS) is 11.0. The molecule has 0 fully saturated rings. The molecule has 9 heteroatoms. The number of hydrogen-bond donors (Lipinski definition) is 1. The van der Waals surface area contributed by atoms with Gasteiger partial charge in [-0.05, 0) is 42.3 Å². The lowest BCUT2D eigenvalue weighted by molar-refractivity contribution is 0.132. The molecule has 0 saturated heterocycles. The molecule has 34 heavy (non-hydrogen) atoms. The minimum atomic E-state index is 0.427. The van der Waals surface area contributed by atoms with Crippen LogP contribution in [0.15, 0.2) is 54.9 Å². The Morgan fingerprint density at radius 2 is 1.68 bits per heavy atom. The highest BCUT2D eigenvalue weighted by Crippen LogP contribution is 2.29. The second-order valence-corrected chi connectivity index (χ2v) is 7.69. The molecule has 2 aromatic heterocycles. The van der Waals surface area contributed by atoms with Crippen LogP contribution in [0.1, 0.15) is 11.1 Å². The molecule has 178 valence electrons. The third-order valence-electron chi connectivity index (χ3n) is 5.10. The van der Waals surface area contributed by atoms with E-state index in [0.29, 0.717) is 50.4 Å². The van der Waals surface area contributed by atoms with Gasteiger partial charge in [-0.2, -0.15) is 10.1 Å². The number of fused-ring (bicyclic) bond motifs is 1. The van der Waals surface area contributed by atoms with E-state index in [1.54, 1.807) is 26.6 Å². The van der Waals surface area contributed by atoms with Crippen molar-refractivity contribution in [2.75, 3.05) is 46.0 Å². The lowest BCUT2D eigenvalue weighted by Crippen LogP contribution is -2.09. The summed E-state index contributed by atoms with van der Waals surface area (Å²) in [5.41, 5.74) is 3.87. The second kappa shape index (κ2) is 11.4. The Kier molecular flexibility index (Phi) is 7.90. The van der Waals surface area contributed by atoms with Crippen molar-refractivity contribution in [2.45, 2.75) is 13.5 Å². The number of nitrogens with zero attached hydrogens (tertiary/aromatic N) is 4. The Labute approximate surface area is 198 Å². The molecule has 4 rings (SSSR count). The average Bonchev–Trinajstić information content (AvgIpc) is 3.27. The molecule has 0 unspecified atom stereocenters.